The fraction of sp³-hybridized carbons (Fsp3) is 0.389. The zero-order valence-corrected chi connectivity index (χ0v) is 14.2. The number of aliphatic hydroxyl groups excluding tert-OH is 1. The first-order chi connectivity index (χ1) is 11.5. The van der Waals surface area contributed by atoms with Crippen LogP contribution in [0.5, 0.6) is 5.75 Å². The van der Waals surface area contributed by atoms with E-state index < -0.39 is 6.10 Å². The molecule has 1 heterocycles. The molecule has 0 radical (unpaired) electrons. The smallest absolute Gasteiger partial charge is 0.315 e. The highest BCUT2D eigenvalue weighted by atomic mass is 16.5. The SMILES string of the molecule is CC(C)Oc1ccc(C(C)NC(=O)NCC(O)c2ccco2)cc1. The van der Waals surface area contributed by atoms with E-state index in [1.165, 1.54) is 6.26 Å². The van der Waals surface area contributed by atoms with Crippen LogP contribution in [0.4, 0.5) is 4.79 Å². The summed E-state index contributed by atoms with van der Waals surface area (Å²) >= 11 is 0. The normalized spacial score (nSPS) is 13.4. The third-order valence-electron chi connectivity index (χ3n) is 3.43. The summed E-state index contributed by atoms with van der Waals surface area (Å²) in [5.74, 6) is 1.22. The number of rotatable bonds is 7. The van der Waals surface area contributed by atoms with Crippen molar-refractivity contribution in [3.63, 3.8) is 0 Å². The van der Waals surface area contributed by atoms with E-state index in [0.717, 1.165) is 11.3 Å². The molecule has 3 N–H and O–H groups in total. The molecule has 6 heteroatoms. The Kier molecular flexibility index (Phi) is 6.26. The fourth-order valence-corrected chi connectivity index (χ4v) is 2.21. The summed E-state index contributed by atoms with van der Waals surface area (Å²) in [5, 5.41) is 15.3. The summed E-state index contributed by atoms with van der Waals surface area (Å²) in [5.41, 5.74) is 0.966. The minimum Gasteiger partial charge on any atom is -0.491 e. The third kappa shape index (κ3) is 5.31. The Morgan fingerprint density at radius 2 is 1.92 bits per heavy atom. The average molecular weight is 332 g/mol. The zero-order valence-electron chi connectivity index (χ0n) is 14.2. The Morgan fingerprint density at radius 3 is 2.50 bits per heavy atom. The fourth-order valence-electron chi connectivity index (χ4n) is 2.21. The standard InChI is InChI=1S/C18H24N2O4/c1-12(2)24-15-8-6-14(7-9-15)13(3)20-18(22)19-11-16(21)17-5-4-10-23-17/h4-10,12-13,16,21H,11H2,1-3H3,(H2,19,20,22). The third-order valence-corrected chi connectivity index (χ3v) is 3.43. The summed E-state index contributed by atoms with van der Waals surface area (Å²) < 4.78 is 10.7. The van der Waals surface area contributed by atoms with Gasteiger partial charge in [-0.1, -0.05) is 12.1 Å². The molecule has 0 spiro atoms. The second kappa shape index (κ2) is 8.40. The highest BCUT2D eigenvalue weighted by molar-refractivity contribution is 5.74. The van der Waals surface area contributed by atoms with Gasteiger partial charge in [0, 0.05) is 0 Å². The van der Waals surface area contributed by atoms with E-state index in [0.29, 0.717) is 5.76 Å². The molecule has 1 aromatic carbocycles. The molecule has 2 aromatic rings. The molecule has 0 aliphatic heterocycles. The molecular formula is C18H24N2O4. The lowest BCUT2D eigenvalue weighted by molar-refractivity contribution is 0.147. The molecule has 24 heavy (non-hydrogen) atoms. The van der Waals surface area contributed by atoms with Crippen molar-refractivity contribution in [1.82, 2.24) is 10.6 Å². The van der Waals surface area contributed by atoms with Crippen LogP contribution in [-0.2, 0) is 0 Å². The second-order valence-corrected chi connectivity index (χ2v) is 5.84. The first-order valence-corrected chi connectivity index (χ1v) is 7.98. The molecule has 6 nitrogen and oxygen atoms in total. The number of furan rings is 1. The van der Waals surface area contributed by atoms with Crippen molar-refractivity contribution in [2.24, 2.45) is 0 Å². The van der Waals surface area contributed by atoms with Gasteiger partial charge in [-0.2, -0.15) is 0 Å². The summed E-state index contributed by atoms with van der Waals surface area (Å²) in [6, 6.07) is 10.4. The van der Waals surface area contributed by atoms with Gasteiger partial charge in [-0.3, -0.25) is 0 Å². The highest BCUT2D eigenvalue weighted by Gasteiger charge is 2.14. The Bertz CT molecular complexity index is 623. The number of urea groups is 1. The number of hydrogen-bond donors (Lipinski definition) is 3. The Hall–Kier alpha value is -2.47. The highest BCUT2D eigenvalue weighted by Crippen LogP contribution is 2.18. The lowest BCUT2D eigenvalue weighted by Crippen LogP contribution is -2.39. The molecule has 2 atom stereocenters. The van der Waals surface area contributed by atoms with Crippen LogP contribution in [0.15, 0.2) is 47.1 Å². The Balaban J connectivity index is 1.80. The van der Waals surface area contributed by atoms with Crippen molar-refractivity contribution in [2.45, 2.75) is 39.0 Å². The van der Waals surface area contributed by atoms with E-state index >= 15 is 0 Å². The lowest BCUT2D eigenvalue weighted by atomic mass is 10.1. The van der Waals surface area contributed by atoms with Crippen molar-refractivity contribution in [2.75, 3.05) is 6.54 Å². The van der Waals surface area contributed by atoms with Gasteiger partial charge in [0.05, 0.1) is 25.0 Å². The maximum Gasteiger partial charge on any atom is 0.315 e. The van der Waals surface area contributed by atoms with Gasteiger partial charge in [0.2, 0.25) is 0 Å². The summed E-state index contributed by atoms with van der Waals surface area (Å²) in [4.78, 5) is 11.9. The number of carbonyl (C=O) groups is 1. The Morgan fingerprint density at radius 1 is 1.21 bits per heavy atom. The van der Waals surface area contributed by atoms with Crippen molar-refractivity contribution in [3.8, 4) is 5.75 Å². The molecule has 0 aliphatic rings. The van der Waals surface area contributed by atoms with E-state index in [1.807, 2.05) is 45.0 Å². The van der Waals surface area contributed by atoms with Crippen molar-refractivity contribution in [3.05, 3.63) is 54.0 Å². The van der Waals surface area contributed by atoms with Crippen molar-refractivity contribution < 1.29 is 19.1 Å². The van der Waals surface area contributed by atoms with Gasteiger partial charge in [-0.25, -0.2) is 4.79 Å². The number of benzene rings is 1. The second-order valence-electron chi connectivity index (χ2n) is 5.84. The van der Waals surface area contributed by atoms with E-state index in [2.05, 4.69) is 10.6 Å². The molecule has 0 bridgehead atoms. The predicted octanol–water partition coefficient (Wildman–Crippen LogP) is 3.16. The van der Waals surface area contributed by atoms with Gasteiger partial charge in [0.1, 0.15) is 17.6 Å². The lowest BCUT2D eigenvalue weighted by Gasteiger charge is -2.17. The molecule has 2 rings (SSSR count). The van der Waals surface area contributed by atoms with Crippen LogP contribution in [-0.4, -0.2) is 23.8 Å². The van der Waals surface area contributed by atoms with Crippen LogP contribution in [0.2, 0.25) is 0 Å². The molecule has 2 unspecified atom stereocenters. The van der Waals surface area contributed by atoms with Crippen molar-refractivity contribution >= 4 is 6.03 Å². The largest absolute Gasteiger partial charge is 0.491 e. The number of hydrogen-bond acceptors (Lipinski definition) is 4. The molecular weight excluding hydrogens is 308 g/mol. The maximum atomic E-state index is 11.9. The quantitative estimate of drug-likeness (QED) is 0.727. The number of aliphatic hydroxyl groups is 1. The first kappa shape index (κ1) is 17.9. The molecule has 0 fully saturated rings. The van der Waals surface area contributed by atoms with E-state index in [4.69, 9.17) is 9.15 Å². The Labute approximate surface area is 141 Å². The minimum absolute atomic E-state index is 0.0766. The number of ether oxygens (including phenoxy) is 1. The van der Waals surface area contributed by atoms with E-state index in [1.54, 1.807) is 12.1 Å². The number of nitrogens with one attached hydrogen (secondary N) is 2. The van der Waals surface area contributed by atoms with E-state index in [-0.39, 0.29) is 24.7 Å². The van der Waals surface area contributed by atoms with E-state index in [9.17, 15) is 9.90 Å². The van der Waals surface area contributed by atoms with Gasteiger partial charge in [-0.05, 0) is 50.6 Å². The molecule has 130 valence electrons. The topological polar surface area (TPSA) is 83.7 Å². The average Bonchev–Trinajstić information content (AvgIpc) is 3.07. The van der Waals surface area contributed by atoms with Crippen LogP contribution < -0.4 is 15.4 Å². The van der Waals surface area contributed by atoms with Gasteiger partial charge >= 0.3 is 6.03 Å². The number of carbonyl (C=O) groups excluding carboxylic acids is 1. The van der Waals surface area contributed by atoms with Crippen LogP contribution in [0.25, 0.3) is 0 Å². The van der Waals surface area contributed by atoms with Crippen LogP contribution in [0.3, 0.4) is 0 Å². The van der Waals surface area contributed by atoms with Gasteiger partial charge in [-0.15, -0.1) is 0 Å². The van der Waals surface area contributed by atoms with Gasteiger partial charge in [0.15, 0.2) is 0 Å². The predicted molar refractivity (Wildman–Crippen MR) is 90.8 cm³/mol. The molecule has 1 aromatic heterocycles. The zero-order chi connectivity index (χ0) is 17.5. The van der Waals surface area contributed by atoms with Crippen LogP contribution in [0.1, 0.15) is 44.2 Å². The summed E-state index contributed by atoms with van der Waals surface area (Å²) in [6.07, 6.45) is 0.735. The minimum atomic E-state index is -0.867. The molecule has 0 saturated carbocycles. The van der Waals surface area contributed by atoms with Crippen LogP contribution in [0, 0.1) is 0 Å². The molecule has 2 amide bonds. The van der Waals surface area contributed by atoms with Crippen LogP contribution >= 0.6 is 0 Å². The first-order valence-electron chi connectivity index (χ1n) is 7.98. The van der Waals surface area contributed by atoms with Gasteiger partial charge < -0.3 is 24.9 Å². The van der Waals surface area contributed by atoms with Gasteiger partial charge in [0.25, 0.3) is 0 Å². The monoisotopic (exact) mass is 332 g/mol. The van der Waals surface area contributed by atoms with Crippen molar-refractivity contribution in [1.29, 1.82) is 0 Å². The summed E-state index contributed by atoms with van der Waals surface area (Å²) in [7, 11) is 0. The summed E-state index contributed by atoms with van der Waals surface area (Å²) in [6.45, 7) is 5.91. The molecule has 0 saturated heterocycles. The number of amides is 2. The maximum absolute atomic E-state index is 11.9. The molecule has 0 aliphatic carbocycles.